The molecule has 1 saturated heterocycles. The smallest absolute Gasteiger partial charge is 0.0956 e. The van der Waals surface area contributed by atoms with Crippen molar-refractivity contribution in [1.82, 2.24) is 14.9 Å². The zero-order chi connectivity index (χ0) is 16.7. The van der Waals surface area contributed by atoms with Crippen LogP contribution in [0, 0.1) is 5.92 Å². The van der Waals surface area contributed by atoms with E-state index in [1.165, 1.54) is 22.4 Å². The Morgan fingerprint density at radius 3 is 2.83 bits per heavy atom. The molecule has 4 rings (SSSR count). The van der Waals surface area contributed by atoms with Crippen LogP contribution in [0.15, 0.2) is 30.7 Å². The van der Waals surface area contributed by atoms with Crippen molar-refractivity contribution in [3.05, 3.63) is 41.9 Å². The van der Waals surface area contributed by atoms with E-state index in [1.54, 1.807) is 0 Å². The van der Waals surface area contributed by atoms with Gasteiger partial charge in [-0.3, -0.25) is 0 Å². The molecule has 2 unspecified atom stereocenters. The molecule has 2 aromatic rings. The van der Waals surface area contributed by atoms with Crippen LogP contribution in [-0.2, 0) is 0 Å². The van der Waals surface area contributed by atoms with Crippen LogP contribution in [-0.4, -0.2) is 33.9 Å². The molecular weight excluding hydrogens is 298 g/mol. The Morgan fingerprint density at radius 1 is 1.29 bits per heavy atom. The van der Waals surface area contributed by atoms with E-state index in [0.29, 0.717) is 11.8 Å². The van der Waals surface area contributed by atoms with Crippen LogP contribution in [0.25, 0.3) is 11.3 Å². The minimum Gasteiger partial charge on any atom is -0.393 e. The maximum absolute atomic E-state index is 10.8. The van der Waals surface area contributed by atoms with Gasteiger partial charge in [0, 0.05) is 5.56 Å². The van der Waals surface area contributed by atoms with E-state index >= 15 is 0 Å². The molecule has 1 fully saturated rings. The highest BCUT2D eigenvalue weighted by molar-refractivity contribution is 5.69. The Kier molecular flexibility index (Phi) is 4.19. The first-order chi connectivity index (χ1) is 11.6. The molecule has 0 saturated carbocycles. The number of aliphatic hydroxyl groups excluding tert-OH is 1. The molecule has 3 heterocycles. The summed E-state index contributed by atoms with van der Waals surface area (Å²) in [6.45, 7) is 6.52. The zero-order valence-corrected chi connectivity index (χ0v) is 14.6. The second kappa shape index (κ2) is 6.34. The SMILES string of the molecule is CC(C)c1ccc2c(c1)C(CC(O)C1CCNCC1)n1cncc1-2. The lowest BCUT2D eigenvalue weighted by Gasteiger charge is -2.29. The van der Waals surface area contributed by atoms with E-state index < -0.39 is 0 Å². The van der Waals surface area contributed by atoms with Gasteiger partial charge in [-0.05, 0) is 55.3 Å². The maximum atomic E-state index is 10.8. The lowest BCUT2D eigenvalue weighted by molar-refractivity contribution is 0.0722. The molecule has 4 nitrogen and oxygen atoms in total. The number of fused-ring (bicyclic) bond motifs is 3. The predicted octanol–water partition coefficient (Wildman–Crippen LogP) is 3.33. The van der Waals surface area contributed by atoms with Crippen LogP contribution >= 0.6 is 0 Å². The number of hydrogen-bond donors (Lipinski definition) is 2. The summed E-state index contributed by atoms with van der Waals surface area (Å²) < 4.78 is 2.25. The normalized spacial score (nSPS) is 21.8. The first-order valence-corrected chi connectivity index (χ1v) is 9.20. The molecule has 0 spiro atoms. The van der Waals surface area contributed by atoms with E-state index in [0.717, 1.165) is 32.4 Å². The number of benzene rings is 1. The van der Waals surface area contributed by atoms with Gasteiger partial charge in [0.1, 0.15) is 0 Å². The van der Waals surface area contributed by atoms with Gasteiger partial charge < -0.3 is 15.0 Å². The lowest BCUT2D eigenvalue weighted by Crippen LogP contribution is -2.35. The van der Waals surface area contributed by atoms with Crippen molar-refractivity contribution in [2.75, 3.05) is 13.1 Å². The summed E-state index contributed by atoms with van der Waals surface area (Å²) in [4.78, 5) is 4.34. The first-order valence-electron chi connectivity index (χ1n) is 9.20. The molecule has 1 aromatic heterocycles. The highest BCUT2D eigenvalue weighted by Crippen LogP contribution is 2.43. The predicted molar refractivity (Wildman–Crippen MR) is 96.1 cm³/mol. The van der Waals surface area contributed by atoms with E-state index in [-0.39, 0.29) is 12.1 Å². The largest absolute Gasteiger partial charge is 0.393 e. The molecule has 0 radical (unpaired) electrons. The van der Waals surface area contributed by atoms with Crippen LogP contribution in [0.4, 0.5) is 0 Å². The van der Waals surface area contributed by atoms with Gasteiger partial charge in [-0.2, -0.15) is 0 Å². The fourth-order valence-corrected chi connectivity index (χ4v) is 4.25. The highest BCUT2D eigenvalue weighted by atomic mass is 16.3. The van der Waals surface area contributed by atoms with Crippen molar-refractivity contribution in [2.24, 2.45) is 5.92 Å². The van der Waals surface area contributed by atoms with Crippen LogP contribution in [0.2, 0.25) is 0 Å². The zero-order valence-electron chi connectivity index (χ0n) is 14.6. The fraction of sp³-hybridized carbons (Fsp3) is 0.550. The minimum absolute atomic E-state index is 0.209. The van der Waals surface area contributed by atoms with E-state index in [1.807, 2.05) is 12.5 Å². The van der Waals surface area contributed by atoms with Crippen LogP contribution < -0.4 is 5.32 Å². The molecule has 2 aliphatic rings. The molecule has 0 amide bonds. The summed E-state index contributed by atoms with van der Waals surface area (Å²) in [6.07, 6.45) is 6.55. The Balaban J connectivity index is 1.64. The van der Waals surface area contributed by atoms with E-state index in [4.69, 9.17) is 0 Å². The fourth-order valence-electron chi connectivity index (χ4n) is 4.25. The van der Waals surface area contributed by atoms with Crippen LogP contribution in [0.3, 0.4) is 0 Å². The maximum Gasteiger partial charge on any atom is 0.0956 e. The number of nitrogens with zero attached hydrogens (tertiary/aromatic N) is 2. The van der Waals surface area contributed by atoms with Crippen molar-refractivity contribution < 1.29 is 5.11 Å². The van der Waals surface area contributed by atoms with Gasteiger partial charge >= 0.3 is 0 Å². The van der Waals surface area contributed by atoms with Crippen molar-refractivity contribution in [3.63, 3.8) is 0 Å². The summed E-state index contributed by atoms with van der Waals surface area (Å²) in [6, 6.07) is 7.01. The second-order valence-electron chi connectivity index (χ2n) is 7.59. The Morgan fingerprint density at radius 2 is 2.08 bits per heavy atom. The number of nitrogens with one attached hydrogen (secondary N) is 1. The van der Waals surface area contributed by atoms with Gasteiger partial charge in [0.25, 0.3) is 0 Å². The molecule has 2 atom stereocenters. The third-order valence-corrected chi connectivity index (χ3v) is 5.77. The third kappa shape index (κ3) is 2.68. The Hall–Kier alpha value is -1.65. The van der Waals surface area contributed by atoms with Crippen LogP contribution in [0.1, 0.15) is 56.2 Å². The molecule has 4 heteroatoms. The number of imidazole rings is 1. The monoisotopic (exact) mass is 325 g/mol. The van der Waals surface area contributed by atoms with Gasteiger partial charge in [0.05, 0.1) is 30.4 Å². The molecule has 0 aliphatic carbocycles. The molecule has 2 N–H and O–H groups in total. The third-order valence-electron chi connectivity index (χ3n) is 5.77. The van der Waals surface area contributed by atoms with E-state index in [9.17, 15) is 5.11 Å². The van der Waals surface area contributed by atoms with Gasteiger partial charge in [-0.15, -0.1) is 0 Å². The standard InChI is InChI=1S/C20H27N3O/c1-13(2)15-3-4-16-17(9-15)18(23-12-22-11-19(16)23)10-20(24)14-5-7-21-8-6-14/h3-4,9,11-14,18,20-21,24H,5-8,10H2,1-2H3. The number of piperidine rings is 1. The first kappa shape index (κ1) is 15.9. The van der Waals surface area contributed by atoms with Crippen molar-refractivity contribution in [2.45, 2.75) is 51.2 Å². The number of rotatable bonds is 4. The summed E-state index contributed by atoms with van der Waals surface area (Å²) in [5.41, 5.74) is 5.18. The number of aromatic nitrogens is 2. The lowest BCUT2D eigenvalue weighted by atomic mass is 9.86. The van der Waals surface area contributed by atoms with Gasteiger partial charge in [-0.1, -0.05) is 32.0 Å². The summed E-state index contributed by atoms with van der Waals surface area (Å²) in [7, 11) is 0. The van der Waals surface area contributed by atoms with Crippen molar-refractivity contribution in [1.29, 1.82) is 0 Å². The van der Waals surface area contributed by atoms with Gasteiger partial charge in [0.15, 0.2) is 0 Å². The Bertz CT molecular complexity index is 715. The number of aliphatic hydroxyl groups is 1. The van der Waals surface area contributed by atoms with Crippen LogP contribution in [0.5, 0.6) is 0 Å². The average Bonchev–Trinajstić information content (AvgIpc) is 3.18. The summed E-state index contributed by atoms with van der Waals surface area (Å²) in [5.74, 6) is 0.930. The molecule has 0 bridgehead atoms. The quantitative estimate of drug-likeness (QED) is 0.906. The number of hydrogen-bond acceptors (Lipinski definition) is 3. The molecule has 2 aliphatic heterocycles. The molecule has 128 valence electrons. The topological polar surface area (TPSA) is 50.1 Å². The molecular formula is C20H27N3O. The average molecular weight is 325 g/mol. The Labute approximate surface area is 143 Å². The van der Waals surface area contributed by atoms with Gasteiger partial charge in [-0.25, -0.2) is 4.98 Å². The van der Waals surface area contributed by atoms with Crippen molar-refractivity contribution >= 4 is 0 Å². The highest BCUT2D eigenvalue weighted by Gasteiger charge is 2.32. The summed E-state index contributed by atoms with van der Waals surface area (Å²) in [5, 5.41) is 14.2. The van der Waals surface area contributed by atoms with E-state index in [2.05, 4.69) is 46.9 Å². The minimum atomic E-state index is -0.249. The van der Waals surface area contributed by atoms with Gasteiger partial charge in [0.2, 0.25) is 0 Å². The molecule has 24 heavy (non-hydrogen) atoms. The van der Waals surface area contributed by atoms with Crippen molar-refractivity contribution in [3.8, 4) is 11.3 Å². The molecule has 1 aromatic carbocycles. The summed E-state index contributed by atoms with van der Waals surface area (Å²) >= 11 is 0. The second-order valence-corrected chi connectivity index (χ2v) is 7.59.